The van der Waals surface area contributed by atoms with Crippen LogP contribution in [0.25, 0.3) is 0 Å². The highest BCUT2D eigenvalue weighted by atomic mass is 32.1. The van der Waals surface area contributed by atoms with Gasteiger partial charge in [-0.15, -0.1) is 11.3 Å². The van der Waals surface area contributed by atoms with Gasteiger partial charge in [0.05, 0.1) is 6.04 Å². The third kappa shape index (κ3) is 2.76. The van der Waals surface area contributed by atoms with Crippen molar-refractivity contribution in [3.05, 3.63) is 55.0 Å². The Hall–Kier alpha value is -2.15. The monoisotopic (exact) mass is 333 g/mol. The summed E-state index contributed by atoms with van der Waals surface area (Å²) >= 11 is 1.74. The predicted octanol–water partition coefficient (Wildman–Crippen LogP) is 1.14. The number of nitrogens with zero attached hydrogens (tertiary/aromatic N) is 3. The Balaban J connectivity index is 1.86. The summed E-state index contributed by atoms with van der Waals surface area (Å²) < 4.78 is 2.30. The maximum atomic E-state index is 12.7. The number of carbonyl (C=O) groups excluding carboxylic acids is 1. The van der Waals surface area contributed by atoms with Gasteiger partial charge in [-0.1, -0.05) is 6.92 Å². The van der Waals surface area contributed by atoms with E-state index in [0.717, 1.165) is 17.4 Å². The van der Waals surface area contributed by atoms with Gasteiger partial charge in [0.1, 0.15) is 6.54 Å². The molecule has 0 saturated heterocycles. The van der Waals surface area contributed by atoms with Crippen LogP contribution in [0.1, 0.15) is 29.8 Å². The molecule has 7 heteroatoms. The molecule has 1 aliphatic rings. The minimum absolute atomic E-state index is 0.0388. The van der Waals surface area contributed by atoms with E-state index in [9.17, 15) is 14.4 Å². The quantitative estimate of drug-likeness (QED) is 0.846. The fraction of sp³-hybridized carbons (Fsp3) is 0.438. The number of aromatic nitrogens is 2. The van der Waals surface area contributed by atoms with Gasteiger partial charge < -0.3 is 4.90 Å². The zero-order valence-electron chi connectivity index (χ0n) is 13.2. The summed E-state index contributed by atoms with van der Waals surface area (Å²) in [4.78, 5) is 39.4. The standard InChI is InChI=1S/C16H19N3O3S/c1-3-12-11-6-9-23-13(11)4-8-19(12)15(21)10-18-7-5-14(20)17(2)16(18)22/h5-7,9,12H,3-4,8,10H2,1-2H3. The number of carbonyl (C=O) groups is 1. The lowest BCUT2D eigenvalue weighted by Crippen LogP contribution is -2.44. The second-order valence-electron chi connectivity index (χ2n) is 5.68. The Morgan fingerprint density at radius 3 is 2.87 bits per heavy atom. The number of thiophene rings is 1. The van der Waals surface area contributed by atoms with Crippen LogP contribution in [0.4, 0.5) is 0 Å². The molecule has 1 atom stereocenters. The van der Waals surface area contributed by atoms with Crippen molar-refractivity contribution >= 4 is 17.2 Å². The SMILES string of the molecule is CCC1c2ccsc2CCN1C(=O)Cn1ccc(=O)n(C)c1=O. The minimum Gasteiger partial charge on any atom is -0.334 e. The Morgan fingerprint density at radius 2 is 2.13 bits per heavy atom. The zero-order valence-corrected chi connectivity index (χ0v) is 14.0. The van der Waals surface area contributed by atoms with Gasteiger partial charge >= 0.3 is 5.69 Å². The smallest absolute Gasteiger partial charge is 0.331 e. The first-order chi connectivity index (χ1) is 11.0. The molecule has 6 nitrogen and oxygen atoms in total. The molecule has 0 bridgehead atoms. The van der Waals surface area contributed by atoms with Crippen molar-refractivity contribution in [2.45, 2.75) is 32.4 Å². The van der Waals surface area contributed by atoms with Gasteiger partial charge in [0.2, 0.25) is 5.91 Å². The highest BCUT2D eigenvalue weighted by Gasteiger charge is 2.30. The van der Waals surface area contributed by atoms with E-state index in [1.807, 2.05) is 4.90 Å². The first kappa shape index (κ1) is 15.7. The van der Waals surface area contributed by atoms with Gasteiger partial charge in [-0.3, -0.25) is 18.7 Å². The summed E-state index contributed by atoms with van der Waals surface area (Å²) in [6, 6.07) is 3.46. The van der Waals surface area contributed by atoms with Crippen LogP contribution in [0.2, 0.25) is 0 Å². The molecule has 23 heavy (non-hydrogen) atoms. The minimum atomic E-state index is -0.466. The van der Waals surface area contributed by atoms with Crippen LogP contribution in [0.15, 0.2) is 33.3 Å². The fourth-order valence-electron chi connectivity index (χ4n) is 3.11. The molecule has 1 amide bonds. The van der Waals surface area contributed by atoms with Crippen LogP contribution < -0.4 is 11.2 Å². The van der Waals surface area contributed by atoms with E-state index < -0.39 is 5.69 Å². The third-order valence-electron chi connectivity index (χ3n) is 4.37. The molecule has 1 aliphatic heterocycles. The summed E-state index contributed by atoms with van der Waals surface area (Å²) in [5.74, 6) is -0.0885. The maximum Gasteiger partial charge on any atom is 0.331 e. The molecule has 3 heterocycles. The van der Waals surface area contributed by atoms with E-state index in [1.54, 1.807) is 11.3 Å². The van der Waals surface area contributed by atoms with Crippen molar-refractivity contribution < 1.29 is 4.79 Å². The summed E-state index contributed by atoms with van der Waals surface area (Å²) in [5, 5.41) is 2.07. The molecule has 0 saturated carbocycles. The predicted molar refractivity (Wildman–Crippen MR) is 88.7 cm³/mol. The summed E-state index contributed by atoms with van der Waals surface area (Å²) in [5.41, 5.74) is 0.392. The highest BCUT2D eigenvalue weighted by Crippen LogP contribution is 2.35. The molecule has 0 N–H and O–H groups in total. The molecule has 0 fully saturated rings. The van der Waals surface area contributed by atoms with Gasteiger partial charge in [0.25, 0.3) is 5.56 Å². The van der Waals surface area contributed by atoms with Crippen LogP contribution in [0.5, 0.6) is 0 Å². The van der Waals surface area contributed by atoms with Crippen LogP contribution in [-0.2, 0) is 24.8 Å². The molecule has 0 radical (unpaired) electrons. The molecule has 0 spiro atoms. The van der Waals surface area contributed by atoms with Crippen LogP contribution >= 0.6 is 11.3 Å². The second kappa shape index (κ2) is 6.16. The molecular formula is C16H19N3O3S. The van der Waals surface area contributed by atoms with Crippen molar-refractivity contribution in [1.29, 1.82) is 0 Å². The maximum absolute atomic E-state index is 12.7. The van der Waals surface area contributed by atoms with Crippen LogP contribution in [0.3, 0.4) is 0 Å². The van der Waals surface area contributed by atoms with E-state index in [-0.39, 0.29) is 24.1 Å². The van der Waals surface area contributed by atoms with Gasteiger partial charge in [0, 0.05) is 30.7 Å². The Labute approximate surface area is 137 Å². The third-order valence-corrected chi connectivity index (χ3v) is 5.36. The number of fused-ring (bicyclic) bond motifs is 1. The van der Waals surface area contributed by atoms with Gasteiger partial charge in [0.15, 0.2) is 0 Å². The van der Waals surface area contributed by atoms with Gasteiger partial charge in [-0.25, -0.2) is 4.79 Å². The van der Waals surface area contributed by atoms with Gasteiger partial charge in [-0.2, -0.15) is 0 Å². The number of hydrogen-bond acceptors (Lipinski definition) is 4. The molecule has 0 aromatic carbocycles. The largest absolute Gasteiger partial charge is 0.334 e. The average molecular weight is 333 g/mol. The molecule has 122 valence electrons. The van der Waals surface area contributed by atoms with E-state index in [2.05, 4.69) is 18.4 Å². The lowest BCUT2D eigenvalue weighted by atomic mass is 9.98. The van der Waals surface area contributed by atoms with Crippen molar-refractivity contribution in [1.82, 2.24) is 14.0 Å². The Kier molecular flexibility index (Phi) is 4.21. The van der Waals surface area contributed by atoms with E-state index >= 15 is 0 Å². The first-order valence-electron chi connectivity index (χ1n) is 7.65. The lowest BCUT2D eigenvalue weighted by molar-refractivity contribution is -0.135. The molecule has 3 rings (SSSR count). The van der Waals surface area contributed by atoms with E-state index in [0.29, 0.717) is 6.54 Å². The molecule has 2 aromatic rings. The van der Waals surface area contributed by atoms with Crippen LogP contribution in [-0.4, -0.2) is 26.5 Å². The molecule has 1 unspecified atom stereocenters. The van der Waals surface area contributed by atoms with Gasteiger partial charge in [-0.05, 0) is 29.9 Å². The second-order valence-corrected chi connectivity index (χ2v) is 6.68. The molecule has 0 aliphatic carbocycles. The Bertz CT molecular complexity index is 849. The highest BCUT2D eigenvalue weighted by molar-refractivity contribution is 7.10. The average Bonchev–Trinajstić information content (AvgIpc) is 3.03. The van der Waals surface area contributed by atoms with E-state index in [4.69, 9.17) is 0 Å². The Morgan fingerprint density at radius 1 is 1.35 bits per heavy atom. The molecular weight excluding hydrogens is 314 g/mol. The summed E-state index contributed by atoms with van der Waals surface area (Å²) in [6.07, 6.45) is 3.10. The van der Waals surface area contributed by atoms with E-state index in [1.165, 1.54) is 34.3 Å². The number of amides is 1. The van der Waals surface area contributed by atoms with Crippen LogP contribution in [0, 0.1) is 0 Å². The number of rotatable bonds is 3. The zero-order chi connectivity index (χ0) is 16.6. The van der Waals surface area contributed by atoms with Crippen molar-refractivity contribution in [3.8, 4) is 0 Å². The first-order valence-corrected chi connectivity index (χ1v) is 8.53. The lowest BCUT2D eigenvalue weighted by Gasteiger charge is -2.35. The number of hydrogen-bond donors (Lipinski definition) is 0. The fourth-order valence-corrected chi connectivity index (χ4v) is 4.04. The van der Waals surface area contributed by atoms with Crippen molar-refractivity contribution in [2.24, 2.45) is 7.05 Å². The van der Waals surface area contributed by atoms with Crippen molar-refractivity contribution in [2.75, 3.05) is 6.54 Å². The summed E-state index contributed by atoms with van der Waals surface area (Å²) in [7, 11) is 1.42. The topological polar surface area (TPSA) is 64.3 Å². The van der Waals surface area contributed by atoms with Crippen molar-refractivity contribution in [3.63, 3.8) is 0 Å². The molecule has 2 aromatic heterocycles. The normalized spacial score (nSPS) is 17.1. The summed E-state index contributed by atoms with van der Waals surface area (Å²) in [6.45, 7) is 2.70.